The minimum Gasteiger partial charge on any atom is -0.340 e. The van der Waals surface area contributed by atoms with Crippen molar-refractivity contribution in [3.63, 3.8) is 0 Å². The number of amides is 1. The summed E-state index contributed by atoms with van der Waals surface area (Å²) in [5.41, 5.74) is 0.845. The molecule has 2 heterocycles. The summed E-state index contributed by atoms with van der Waals surface area (Å²) in [7, 11) is 0. The summed E-state index contributed by atoms with van der Waals surface area (Å²) in [6.07, 6.45) is 5.90. The molecule has 2 aromatic heterocycles. The maximum Gasteiger partial charge on any atom is 0.255 e. The van der Waals surface area contributed by atoms with Gasteiger partial charge in [-0.15, -0.1) is 0 Å². The van der Waals surface area contributed by atoms with Crippen LogP contribution >= 0.6 is 15.9 Å². The summed E-state index contributed by atoms with van der Waals surface area (Å²) < 4.78 is 7.74. The first-order valence-electron chi connectivity index (χ1n) is 8.00. The summed E-state index contributed by atoms with van der Waals surface area (Å²) in [6.45, 7) is 1.74. The van der Waals surface area contributed by atoms with E-state index in [1.54, 1.807) is 24.0 Å². The normalized spacial score (nSPS) is 15.6. The van der Waals surface area contributed by atoms with Gasteiger partial charge in [-0.3, -0.25) is 4.79 Å². The number of aryl methyl sites for hydroxylation is 1. The first-order chi connectivity index (χ1) is 12.1. The second kappa shape index (κ2) is 6.11. The summed E-state index contributed by atoms with van der Waals surface area (Å²) in [5.74, 6) is 0.856. The van der Waals surface area contributed by atoms with Crippen LogP contribution < -0.4 is 5.32 Å². The molecule has 0 saturated heterocycles. The Labute approximate surface area is 152 Å². The third-order valence-corrected chi connectivity index (χ3v) is 4.98. The fraction of sp³-hybridized carbons (Fsp3) is 0.294. The van der Waals surface area contributed by atoms with E-state index < -0.39 is 5.54 Å². The minimum atomic E-state index is -0.533. The minimum absolute atomic E-state index is 0.189. The molecule has 0 aliphatic heterocycles. The Morgan fingerprint density at radius 3 is 2.68 bits per heavy atom. The van der Waals surface area contributed by atoms with Crippen LogP contribution in [0.3, 0.4) is 0 Å². The zero-order chi connectivity index (χ0) is 17.4. The number of carbonyl (C=O) groups is 1. The first-order valence-corrected chi connectivity index (χ1v) is 8.79. The van der Waals surface area contributed by atoms with E-state index in [9.17, 15) is 4.79 Å². The Morgan fingerprint density at radius 1 is 1.32 bits per heavy atom. The molecular weight excluding hydrogens is 386 g/mol. The van der Waals surface area contributed by atoms with Crippen molar-refractivity contribution < 1.29 is 9.32 Å². The van der Waals surface area contributed by atoms with Crippen LogP contribution in [0.25, 0.3) is 5.69 Å². The molecule has 3 aromatic rings. The van der Waals surface area contributed by atoms with E-state index in [1.807, 2.05) is 24.3 Å². The lowest BCUT2D eigenvalue weighted by molar-refractivity contribution is 0.0805. The number of hydrogen-bond donors (Lipinski definition) is 1. The van der Waals surface area contributed by atoms with Crippen LogP contribution in [0.2, 0.25) is 0 Å². The van der Waals surface area contributed by atoms with Crippen LogP contribution in [0.5, 0.6) is 0 Å². The molecular formula is C17H16BrN5O2. The maximum atomic E-state index is 12.7. The highest BCUT2D eigenvalue weighted by Gasteiger charge is 2.44. The molecule has 1 aromatic carbocycles. The summed E-state index contributed by atoms with van der Waals surface area (Å²) in [6, 6.07) is 7.71. The number of carbonyl (C=O) groups excluding carboxylic acids is 1. The van der Waals surface area contributed by atoms with Crippen molar-refractivity contribution in [2.75, 3.05) is 0 Å². The zero-order valence-electron chi connectivity index (χ0n) is 13.6. The molecule has 128 valence electrons. The van der Waals surface area contributed by atoms with Crippen molar-refractivity contribution >= 4 is 21.8 Å². The molecule has 0 radical (unpaired) electrons. The lowest BCUT2D eigenvalue weighted by atomic mass is 9.76. The van der Waals surface area contributed by atoms with E-state index in [2.05, 4.69) is 36.5 Å². The lowest BCUT2D eigenvalue weighted by Crippen LogP contribution is -2.51. The Hall–Kier alpha value is -2.48. The molecule has 0 bridgehead atoms. The van der Waals surface area contributed by atoms with Crippen molar-refractivity contribution in [2.24, 2.45) is 0 Å². The number of hydrogen-bond acceptors (Lipinski definition) is 5. The van der Waals surface area contributed by atoms with Crippen LogP contribution in [-0.2, 0) is 5.54 Å². The van der Waals surface area contributed by atoms with Crippen LogP contribution in [-0.4, -0.2) is 25.8 Å². The third-order valence-electron chi connectivity index (χ3n) is 4.45. The molecule has 4 rings (SSSR count). The molecule has 7 nitrogen and oxygen atoms in total. The van der Waals surface area contributed by atoms with Gasteiger partial charge in [-0.05, 0) is 43.5 Å². The standard InChI is InChI=1S/C17H16BrN5O2/c1-11-20-16(22-25-11)17(7-2-8-17)21-15(24)12-9-19-23(10-12)14-5-3-13(18)4-6-14/h3-6,9-10H,2,7-8H2,1H3,(H,21,24). The molecule has 1 amide bonds. The van der Waals surface area contributed by atoms with Gasteiger partial charge in [0.15, 0.2) is 5.82 Å². The lowest BCUT2D eigenvalue weighted by Gasteiger charge is -2.39. The first kappa shape index (κ1) is 16.0. The van der Waals surface area contributed by atoms with Crippen molar-refractivity contribution in [1.82, 2.24) is 25.2 Å². The summed E-state index contributed by atoms with van der Waals surface area (Å²) >= 11 is 3.40. The van der Waals surface area contributed by atoms with Crippen molar-refractivity contribution in [3.8, 4) is 5.69 Å². The Balaban J connectivity index is 1.54. The number of rotatable bonds is 4. The zero-order valence-corrected chi connectivity index (χ0v) is 15.2. The third kappa shape index (κ3) is 2.97. The average Bonchev–Trinajstić information content (AvgIpc) is 3.21. The second-order valence-electron chi connectivity index (χ2n) is 6.18. The van der Waals surface area contributed by atoms with E-state index in [1.165, 1.54) is 0 Å². The number of aromatic nitrogens is 4. The average molecular weight is 402 g/mol. The monoisotopic (exact) mass is 401 g/mol. The predicted molar refractivity (Wildman–Crippen MR) is 93.3 cm³/mol. The van der Waals surface area contributed by atoms with Crippen LogP contribution in [0.15, 0.2) is 45.7 Å². The highest BCUT2D eigenvalue weighted by atomic mass is 79.9. The van der Waals surface area contributed by atoms with E-state index in [4.69, 9.17) is 4.52 Å². The molecule has 25 heavy (non-hydrogen) atoms. The maximum absolute atomic E-state index is 12.7. The van der Waals surface area contributed by atoms with Crippen LogP contribution in [0, 0.1) is 6.92 Å². The van der Waals surface area contributed by atoms with Gasteiger partial charge in [-0.2, -0.15) is 10.1 Å². The molecule has 1 fully saturated rings. The van der Waals surface area contributed by atoms with E-state index >= 15 is 0 Å². The van der Waals surface area contributed by atoms with Crippen LogP contribution in [0.4, 0.5) is 0 Å². The summed E-state index contributed by atoms with van der Waals surface area (Å²) in [4.78, 5) is 17.0. The van der Waals surface area contributed by atoms with Gasteiger partial charge >= 0.3 is 0 Å². The van der Waals surface area contributed by atoms with Gasteiger partial charge in [-0.25, -0.2) is 4.68 Å². The molecule has 0 spiro atoms. The van der Waals surface area contributed by atoms with Crippen molar-refractivity contribution in [2.45, 2.75) is 31.7 Å². The molecule has 0 unspecified atom stereocenters. The summed E-state index contributed by atoms with van der Waals surface area (Å²) in [5, 5.41) is 11.3. The van der Waals surface area contributed by atoms with Crippen molar-refractivity contribution in [3.05, 3.63) is 58.4 Å². The molecule has 1 aliphatic carbocycles. The van der Waals surface area contributed by atoms with E-state index in [0.717, 1.165) is 29.4 Å². The Bertz CT molecular complexity index is 911. The van der Waals surface area contributed by atoms with Gasteiger partial charge in [0.2, 0.25) is 5.89 Å². The fourth-order valence-electron chi connectivity index (χ4n) is 2.89. The molecule has 1 N–H and O–H groups in total. The SMILES string of the molecule is Cc1nc(C2(NC(=O)c3cnn(-c4ccc(Br)cc4)c3)CCC2)no1. The smallest absolute Gasteiger partial charge is 0.255 e. The number of nitrogens with zero attached hydrogens (tertiary/aromatic N) is 4. The van der Waals surface area contributed by atoms with Gasteiger partial charge in [0.25, 0.3) is 5.91 Å². The van der Waals surface area contributed by atoms with Crippen LogP contribution in [0.1, 0.15) is 41.3 Å². The highest BCUT2D eigenvalue weighted by molar-refractivity contribution is 9.10. The number of benzene rings is 1. The van der Waals surface area contributed by atoms with Gasteiger partial charge < -0.3 is 9.84 Å². The molecule has 1 saturated carbocycles. The van der Waals surface area contributed by atoms with E-state index in [-0.39, 0.29) is 5.91 Å². The Kier molecular flexibility index (Phi) is 3.91. The van der Waals surface area contributed by atoms with Crippen molar-refractivity contribution in [1.29, 1.82) is 0 Å². The van der Waals surface area contributed by atoms with E-state index in [0.29, 0.717) is 17.3 Å². The predicted octanol–water partition coefficient (Wildman–Crippen LogP) is 3.14. The highest BCUT2D eigenvalue weighted by Crippen LogP contribution is 2.40. The van der Waals surface area contributed by atoms with Gasteiger partial charge in [0.05, 0.1) is 17.4 Å². The van der Waals surface area contributed by atoms with Gasteiger partial charge in [0, 0.05) is 17.6 Å². The van der Waals surface area contributed by atoms with Gasteiger partial charge in [-0.1, -0.05) is 21.1 Å². The molecule has 1 aliphatic rings. The number of halogens is 1. The molecule has 8 heteroatoms. The quantitative estimate of drug-likeness (QED) is 0.725. The second-order valence-corrected chi connectivity index (χ2v) is 7.09. The fourth-order valence-corrected chi connectivity index (χ4v) is 3.16. The Morgan fingerprint density at radius 2 is 2.08 bits per heavy atom. The number of nitrogens with one attached hydrogen (secondary N) is 1. The topological polar surface area (TPSA) is 85.8 Å². The molecule has 0 atom stereocenters. The van der Waals surface area contributed by atoms with Gasteiger partial charge in [0.1, 0.15) is 5.54 Å². The largest absolute Gasteiger partial charge is 0.340 e.